The quantitative estimate of drug-likeness (QED) is 0.700. The van der Waals surface area contributed by atoms with Gasteiger partial charge in [-0.1, -0.05) is 36.5 Å². The summed E-state index contributed by atoms with van der Waals surface area (Å²) in [6.07, 6.45) is 0.739. The SMILES string of the molecule is CCOc1ccccc1C(c1sc2nc(CC)nn2c1O)N1CCOCC1. The minimum Gasteiger partial charge on any atom is -0.494 e. The summed E-state index contributed by atoms with van der Waals surface area (Å²) in [5, 5.41) is 15.4. The van der Waals surface area contributed by atoms with Crippen LogP contribution >= 0.6 is 11.3 Å². The number of thiazole rings is 1. The molecule has 0 spiro atoms. The highest BCUT2D eigenvalue weighted by molar-refractivity contribution is 7.17. The number of hydrogen-bond acceptors (Lipinski definition) is 7. The third kappa shape index (κ3) is 3.40. The van der Waals surface area contributed by atoms with Crippen molar-refractivity contribution in [2.45, 2.75) is 26.3 Å². The smallest absolute Gasteiger partial charge is 0.230 e. The fourth-order valence-electron chi connectivity index (χ4n) is 3.45. The predicted molar refractivity (Wildman–Crippen MR) is 104 cm³/mol. The van der Waals surface area contributed by atoms with Gasteiger partial charge in [0, 0.05) is 25.1 Å². The summed E-state index contributed by atoms with van der Waals surface area (Å²) >= 11 is 1.48. The van der Waals surface area contributed by atoms with Crippen LogP contribution in [0.2, 0.25) is 0 Å². The summed E-state index contributed by atoms with van der Waals surface area (Å²) < 4.78 is 13.0. The average Bonchev–Trinajstić information content (AvgIpc) is 3.24. The molecule has 0 amide bonds. The van der Waals surface area contributed by atoms with Crippen molar-refractivity contribution in [2.24, 2.45) is 0 Å². The lowest BCUT2D eigenvalue weighted by molar-refractivity contribution is 0.0236. The van der Waals surface area contributed by atoms with E-state index in [1.54, 1.807) is 4.52 Å². The maximum absolute atomic E-state index is 11.0. The Bertz CT molecular complexity index is 917. The Hall–Kier alpha value is -2.16. The predicted octanol–water partition coefficient (Wildman–Crippen LogP) is 2.88. The second kappa shape index (κ2) is 7.84. The number of nitrogens with zero attached hydrogens (tertiary/aromatic N) is 4. The Kier molecular flexibility index (Phi) is 5.29. The third-order valence-electron chi connectivity index (χ3n) is 4.73. The number of aromatic nitrogens is 3. The van der Waals surface area contributed by atoms with Crippen LogP contribution in [0.15, 0.2) is 24.3 Å². The van der Waals surface area contributed by atoms with Gasteiger partial charge in [-0.2, -0.15) is 4.52 Å². The fourth-order valence-corrected chi connectivity index (χ4v) is 4.58. The lowest BCUT2D eigenvalue weighted by Crippen LogP contribution is -2.39. The normalized spacial score (nSPS) is 16.7. The highest BCUT2D eigenvalue weighted by atomic mass is 32.1. The molecule has 0 radical (unpaired) electrons. The van der Waals surface area contributed by atoms with Crippen LogP contribution in [-0.2, 0) is 11.2 Å². The number of ether oxygens (including phenoxy) is 2. The molecule has 0 bridgehead atoms. The van der Waals surface area contributed by atoms with Gasteiger partial charge in [-0.15, -0.1) is 5.10 Å². The van der Waals surface area contributed by atoms with E-state index in [0.717, 1.165) is 41.5 Å². The Morgan fingerprint density at radius 1 is 1.26 bits per heavy atom. The van der Waals surface area contributed by atoms with Gasteiger partial charge in [-0.05, 0) is 13.0 Å². The molecule has 8 heteroatoms. The molecule has 1 fully saturated rings. The van der Waals surface area contributed by atoms with Gasteiger partial charge in [0.25, 0.3) is 0 Å². The molecule has 3 heterocycles. The van der Waals surface area contributed by atoms with Crippen molar-refractivity contribution in [2.75, 3.05) is 32.9 Å². The minimum atomic E-state index is -0.129. The molecule has 1 N–H and O–H groups in total. The minimum absolute atomic E-state index is 0.129. The summed E-state index contributed by atoms with van der Waals surface area (Å²) in [6.45, 7) is 7.51. The first-order valence-electron chi connectivity index (χ1n) is 9.33. The molecule has 0 saturated carbocycles. The van der Waals surface area contributed by atoms with Gasteiger partial charge in [0.15, 0.2) is 5.82 Å². The summed E-state index contributed by atoms with van der Waals surface area (Å²) in [7, 11) is 0. The van der Waals surface area contributed by atoms with E-state index >= 15 is 0 Å². The van der Waals surface area contributed by atoms with Gasteiger partial charge in [0.05, 0.1) is 30.7 Å². The van der Waals surface area contributed by atoms with Gasteiger partial charge in [-0.25, -0.2) is 4.98 Å². The van der Waals surface area contributed by atoms with Crippen LogP contribution in [-0.4, -0.2) is 57.5 Å². The lowest BCUT2D eigenvalue weighted by Gasteiger charge is -2.34. The summed E-state index contributed by atoms with van der Waals surface area (Å²) in [6, 6.07) is 7.90. The first-order valence-corrected chi connectivity index (χ1v) is 10.1. The summed E-state index contributed by atoms with van der Waals surface area (Å²) in [4.78, 5) is 8.40. The number of para-hydroxylation sites is 1. The van der Waals surface area contributed by atoms with Gasteiger partial charge in [0.1, 0.15) is 5.75 Å². The molecule has 1 atom stereocenters. The van der Waals surface area contributed by atoms with Crippen LogP contribution in [0.25, 0.3) is 4.96 Å². The van der Waals surface area contributed by atoms with Crippen molar-refractivity contribution in [3.8, 4) is 11.6 Å². The van der Waals surface area contributed by atoms with E-state index in [0.29, 0.717) is 24.8 Å². The first kappa shape index (κ1) is 18.2. The molecule has 2 aromatic heterocycles. The van der Waals surface area contributed by atoms with E-state index in [4.69, 9.17) is 9.47 Å². The van der Waals surface area contributed by atoms with Crippen molar-refractivity contribution < 1.29 is 14.6 Å². The molecule has 1 aliphatic heterocycles. The largest absolute Gasteiger partial charge is 0.494 e. The highest BCUT2D eigenvalue weighted by Gasteiger charge is 2.32. The van der Waals surface area contributed by atoms with E-state index in [2.05, 4.69) is 21.0 Å². The van der Waals surface area contributed by atoms with Crippen LogP contribution in [0.1, 0.15) is 36.2 Å². The third-order valence-corrected chi connectivity index (χ3v) is 5.80. The first-order chi connectivity index (χ1) is 13.2. The Balaban J connectivity index is 1.83. The van der Waals surface area contributed by atoms with Crippen molar-refractivity contribution in [1.82, 2.24) is 19.5 Å². The topological polar surface area (TPSA) is 72.1 Å². The van der Waals surface area contributed by atoms with E-state index in [-0.39, 0.29) is 11.9 Å². The zero-order chi connectivity index (χ0) is 18.8. The number of benzene rings is 1. The van der Waals surface area contributed by atoms with E-state index in [1.165, 1.54) is 11.3 Å². The standard InChI is InChI=1S/C19H24N4O3S/c1-3-15-20-19-23(21-15)18(24)17(27-19)16(22-9-11-25-12-10-22)13-7-5-6-8-14(13)26-4-2/h5-8,16,24H,3-4,9-12H2,1-2H3. The molecule has 1 unspecified atom stereocenters. The molecular weight excluding hydrogens is 364 g/mol. The molecule has 3 aromatic rings. The molecule has 144 valence electrons. The molecule has 4 rings (SSSR count). The maximum atomic E-state index is 11.0. The molecule has 7 nitrogen and oxygen atoms in total. The van der Waals surface area contributed by atoms with Gasteiger partial charge >= 0.3 is 0 Å². The molecular formula is C19H24N4O3S. The maximum Gasteiger partial charge on any atom is 0.230 e. The van der Waals surface area contributed by atoms with E-state index in [9.17, 15) is 5.11 Å². The number of morpholine rings is 1. The second-order valence-corrected chi connectivity index (χ2v) is 7.40. The Labute approximate surface area is 162 Å². The highest BCUT2D eigenvalue weighted by Crippen LogP contribution is 2.42. The van der Waals surface area contributed by atoms with Crippen molar-refractivity contribution in [3.63, 3.8) is 0 Å². The second-order valence-electron chi connectivity index (χ2n) is 6.39. The zero-order valence-corrected chi connectivity index (χ0v) is 16.4. The number of aryl methyl sites for hydroxylation is 1. The Morgan fingerprint density at radius 3 is 2.74 bits per heavy atom. The molecule has 1 aliphatic rings. The number of rotatable bonds is 6. The number of hydrogen-bond donors (Lipinski definition) is 1. The molecule has 1 aromatic carbocycles. The summed E-state index contributed by atoms with van der Waals surface area (Å²) in [5.41, 5.74) is 1.04. The number of aromatic hydroxyl groups is 1. The van der Waals surface area contributed by atoms with Crippen LogP contribution in [0.3, 0.4) is 0 Å². The van der Waals surface area contributed by atoms with Crippen molar-refractivity contribution in [1.29, 1.82) is 0 Å². The monoisotopic (exact) mass is 388 g/mol. The van der Waals surface area contributed by atoms with E-state index < -0.39 is 0 Å². The summed E-state index contributed by atoms with van der Waals surface area (Å²) in [5.74, 6) is 1.73. The molecule has 27 heavy (non-hydrogen) atoms. The zero-order valence-electron chi connectivity index (χ0n) is 15.6. The molecule has 0 aliphatic carbocycles. The Morgan fingerprint density at radius 2 is 2.04 bits per heavy atom. The average molecular weight is 388 g/mol. The van der Waals surface area contributed by atoms with E-state index in [1.807, 2.05) is 32.0 Å². The van der Waals surface area contributed by atoms with Crippen molar-refractivity contribution >= 4 is 16.3 Å². The lowest BCUT2D eigenvalue weighted by atomic mass is 10.0. The molecule has 1 saturated heterocycles. The van der Waals surface area contributed by atoms with Crippen molar-refractivity contribution in [3.05, 3.63) is 40.5 Å². The van der Waals surface area contributed by atoms with Gasteiger partial charge in [-0.3, -0.25) is 4.90 Å². The number of fused-ring (bicyclic) bond motifs is 1. The van der Waals surface area contributed by atoms with Crippen LogP contribution in [0.4, 0.5) is 0 Å². The van der Waals surface area contributed by atoms with Crippen LogP contribution in [0.5, 0.6) is 11.6 Å². The van der Waals surface area contributed by atoms with Gasteiger partial charge in [0.2, 0.25) is 10.8 Å². The van der Waals surface area contributed by atoms with Crippen LogP contribution in [0, 0.1) is 0 Å². The fraction of sp³-hybridized carbons (Fsp3) is 0.474. The van der Waals surface area contributed by atoms with Gasteiger partial charge < -0.3 is 14.6 Å². The van der Waals surface area contributed by atoms with Crippen LogP contribution < -0.4 is 4.74 Å².